The Morgan fingerprint density at radius 3 is 1.30 bits per heavy atom. The van der Waals surface area contributed by atoms with Gasteiger partial charge in [-0.1, -0.05) is 128 Å². The molecule has 1 aromatic carbocycles. The van der Waals surface area contributed by atoms with Crippen molar-refractivity contribution in [1.82, 2.24) is 0 Å². The molecule has 1 heteroatoms. The summed E-state index contributed by atoms with van der Waals surface area (Å²) in [5.74, 6) is 0. The van der Waals surface area contributed by atoms with E-state index in [4.69, 9.17) is 0 Å². The number of hydrogen-bond donors (Lipinski definition) is 0. The van der Waals surface area contributed by atoms with Gasteiger partial charge in [0.15, 0.2) is 0 Å². The number of nitrogens with zero attached hydrogens (tertiary/aromatic N) is 1. The number of hydrogen-bond acceptors (Lipinski definition) is 1. The van der Waals surface area contributed by atoms with Gasteiger partial charge in [-0.15, -0.1) is 0 Å². The molecule has 0 fully saturated rings. The van der Waals surface area contributed by atoms with Gasteiger partial charge in [0.25, 0.3) is 0 Å². The molecule has 0 saturated carbocycles. The minimum absolute atomic E-state index is 1.18. The van der Waals surface area contributed by atoms with Crippen molar-refractivity contribution in [3.8, 4) is 0 Å². The summed E-state index contributed by atoms with van der Waals surface area (Å²) in [7, 11) is 2.21. The van der Waals surface area contributed by atoms with Crippen molar-refractivity contribution in [2.45, 2.75) is 116 Å². The van der Waals surface area contributed by atoms with E-state index in [1.165, 1.54) is 121 Å². The van der Waals surface area contributed by atoms with Crippen LogP contribution in [0.1, 0.15) is 116 Å². The molecule has 27 heavy (non-hydrogen) atoms. The topological polar surface area (TPSA) is 3.24 Å². The molecule has 0 saturated heterocycles. The van der Waals surface area contributed by atoms with Crippen LogP contribution in [0.15, 0.2) is 30.3 Å². The molecular weight excluding hydrogens is 326 g/mol. The van der Waals surface area contributed by atoms with Crippen LogP contribution in [0.25, 0.3) is 0 Å². The van der Waals surface area contributed by atoms with Gasteiger partial charge in [-0.2, -0.15) is 0 Å². The molecule has 0 radical (unpaired) electrons. The van der Waals surface area contributed by atoms with Gasteiger partial charge >= 0.3 is 0 Å². The van der Waals surface area contributed by atoms with E-state index in [0.29, 0.717) is 0 Å². The van der Waals surface area contributed by atoms with Gasteiger partial charge in [0.05, 0.1) is 0 Å². The Balaban J connectivity index is 1.74. The fourth-order valence-corrected chi connectivity index (χ4v) is 3.89. The zero-order valence-corrected chi connectivity index (χ0v) is 18.6. The van der Waals surface area contributed by atoms with Crippen molar-refractivity contribution in [2.75, 3.05) is 18.5 Å². The Bertz CT molecular complexity index is 400. The van der Waals surface area contributed by atoms with Crippen LogP contribution in [0.2, 0.25) is 0 Å². The van der Waals surface area contributed by atoms with E-state index in [0.717, 1.165) is 0 Å². The molecule has 0 bridgehead atoms. The highest BCUT2D eigenvalue weighted by molar-refractivity contribution is 5.44. The molecule has 0 N–H and O–H groups in total. The van der Waals surface area contributed by atoms with E-state index in [9.17, 15) is 0 Å². The molecule has 0 aliphatic heterocycles. The number of rotatable bonds is 19. The van der Waals surface area contributed by atoms with Gasteiger partial charge in [0.1, 0.15) is 0 Å². The number of unbranched alkanes of at least 4 members (excludes halogenated alkanes) is 16. The zero-order valence-electron chi connectivity index (χ0n) is 18.6. The maximum Gasteiger partial charge on any atom is 0.0363 e. The Hall–Kier alpha value is -0.980. The van der Waals surface area contributed by atoms with Crippen LogP contribution in [0.4, 0.5) is 5.69 Å². The van der Waals surface area contributed by atoms with E-state index in [1.54, 1.807) is 0 Å². The predicted octanol–water partition coefficient (Wildman–Crippen LogP) is 8.77. The van der Waals surface area contributed by atoms with Crippen LogP contribution >= 0.6 is 0 Å². The number of para-hydroxylation sites is 1. The second kappa shape index (κ2) is 18.4. The van der Waals surface area contributed by atoms with Crippen LogP contribution < -0.4 is 4.90 Å². The van der Waals surface area contributed by atoms with Gasteiger partial charge in [0.2, 0.25) is 0 Å². The molecule has 0 aliphatic rings. The Morgan fingerprint density at radius 1 is 0.519 bits per heavy atom. The lowest BCUT2D eigenvalue weighted by molar-refractivity contribution is 0.527. The molecule has 0 atom stereocenters. The first-order valence-electron chi connectivity index (χ1n) is 12.1. The molecule has 156 valence electrons. The van der Waals surface area contributed by atoms with Gasteiger partial charge in [-0.25, -0.2) is 0 Å². The summed E-state index contributed by atoms with van der Waals surface area (Å²) >= 11 is 0. The van der Waals surface area contributed by atoms with Crippen LogP contribution in [0, 0.1) is 0 Å². The normalized spacial score (nSPS) is 11.0. The lowest BCUT2D eigenvalue weighted by Crippen LogP contribution is -2.18. The van der Waals surface area contributed by atoms with Crippen molar-refractivity contribution >= 4 is 5.69 Å². The smallest absolute Gasteiger partial charge is 0.0363 e. The minimum Gasteiger partial charge on any atom is -0.375 e. The fraction of sp³-hybridized carbons (Fsp3) is 0.769. The van der Waals surface area contributed by atoms with E-state index in [2.05, 4.69) is 49.2 Å². The minimum atomic E-state index is 1.18. The Labute approximate surface area is 170 Å². The number of anilines is 1. The van der Waals surface area contributed by atoms with Gasteiger partial charge in [-0.3, -0.25) is 0 Å². The number of benzene rings is 1. The average molecular weight is 374 g/mol. The van der Waals surface area contributed by atoms with E-state index in [-0.39, 0.29) is 0 Å². The molecule has 0 amide bonds. The maximum atomic E-state index is 2.38. The molecule has 0 unspecified atom stereocenters. The first-order chi connectivity index (χ1) is 13.3. The monoisotopic (exact) mass is 373 g/mol. The SMILES string of the molecule is CCCCCCCCCCCCCCCCCCCN(C)c1ccccc1. The standard InChI is InChI=1S/C26H47N/c1-3-4-5-6-7-8-9-10-11-12-13-14-15-16-17-18-22-25-27(2)26-23-20-19-21-24-26/h19-21,23-24H,3-18,22,25H2,1-2H3. The first kappa shape index (κ1) is 24.1. The van der Waals surface area contributed by atoms with Crippen LogP contribution in [0.5, 0.6) is 0 Å². The molecular formula is C26H47N. The van der Waals surface area contributed by atoms with Crippen LogP contribution in [0.3, 0.4) is 0 Å². The lowest BCUT2D eigenvalue weighted by Gasteiger charge is -2.18. The molecule has 0 aromatic heterocycles. The van der Waals surface area contributed by atoms with Gasteiger partial charge in [0, 0.05) is 19.3 Å². The van der Waals surface area contributed by atoms with Gasteiger partial charge in [-0.05, 0) is 18.6 Å². The van der Waals surface area contributed by atoms with Crippen molar-refractivity contribution in [1.29, 1.82) is 0 Å². The van der Waals surface area contributed by atoms with E-state index < -0.39 is 0 Å². The fourth-order valence-electron chi connectivity index (χ4n) is 3.89. The molecule has 1 aromatic rings. The van der Waals surface area contributed by atoms with Crippen molar-refractivity contribution in [3.63, 3.8) is 0 Å². The lowest BCUT2D eigenvalue weighted by atomic mass is 10.0. The third kappa shape index (κ3) is 14.7. The van der Waals surface area contributed by atoms with Crippen LogP contribution in [-0.4, -0.2) is 13.6 Å². The second-order valence-corrected chi connectivity index (χ2v) is 8.41. The zero-order chi connectivity index (χ0) is 19.4. The summed E-state index contributed by atoms with van der Waals surface area (Å²) in [6, 6.07) is 10.7. The molecule has 0 heterocycles. The van der Waals surface area contributed by atoms with Gasteiger partial charge < -0.3 is 4.90 Å². The average Bonchev–Trinajstić information content (AvgIpc) is 2.70. The summed E-state index contributed by atoms with van der Waals surface area (Å²) in [5, 5.41) is 0. The van der Waals surface area contributed by atoms with E-state index in [1.807, 2.05) is 0 Å². The third-order valence-corrected chi connectivity index (χ3v) is 5.79. The highest BCUT2D eigenvalue weighted by atomic mass is 15.1. The molecule has 1 nitrogen and oxygen atoms in total. The van der Waals surface area contributed by atoms with Crippen molar-refractivity contribution in [2.24, 2.45) is 0 Å². The molecule has 0 spiro atoms. The van der Waals surface area contributed by atoms with Crippen molar-refractivity contribution < 1.29 is 0 Å². The largest absolute Gasteiger partial charge is 0.375 e. The Kier molecular flexibility index (Phi) is 16.4. The van der Waals surface area contributed by atoms with Crippen molar-refractivity contribution in [3.05, 3.63) is 30.3 Å². The third-order valence-electron chi connectivity index (χ3n) is 5.79. The summed E-state index contributed by atoms with van der Waals surface area (Å²) < 4.78 is 0. The highest BCUT2D eigenvalue weighted by Crippen LogP contribution is 2.15. The van der Waals surface area contributed by atoms with Crippen LogP contribution in [-0.2, 0) is 0 Å². The summed E-state index contributed by atoms with van der Waals surface area (Å²) in [5.41, 5.74) is 1.34. The Morgan fingerprint density at radius 2 is 0.889 bits per heavy atom. The summed E-state index contributed by atoms with van der Waals surface area (Å²) in [6.07, 6.45) is 24.5. The van der Waals surface area contributed by atoms with E-state index >= 15 is 0 Å². The quantitative estimate of drug-likeness (QED) is 0.219. The second-order valence-electron chi connectivity index (χ2n) is 8.41. The first-order valence-corrected chi connectivity index (χ1v) is 12.1. The highest BCUT2D eigenvalue weighted by Gasteiger charge is 1.99. The molecule has 1 rings (SSSR count). The predicted molar refractivity (Wildman–Crippen MR) is 124 cm³/mol. The summed E-state index contributed by atoms with van der Waals surface area (Å²) in [4.78, 5) is 2.38. The molecule has 0 aliphatic carbocycles. The summed E-state index contributed by atoms with van der Waals surface area (Å²) in [6.45, 7) is 3.48. The maximum absolute atomic E-state index is 2.38.